The summed E-state index contributed by atoms with van der Waals surface area (Å²) in [5.41, 5.74) is 1.43. The molecule has 0 aliphatic carbocycles. The molecule has 0 saturated heterocycles. The molecule has 0 atom stereocenters. The summed E-state index contributed by atoms with van der Waals surface area (Å²) in [6.07, 6.45) is 2.90. The van der Waals surface area contributed by atoms with E-state index in [1.54, 1.807) is 18.3 Å². The summed E-state index contributed by atoms with van der Waals surface area (Å²) in [6.45, 7) is 0.249. The standard InChI is InChI=1S/C19H15N3O4S/c23-17-11-14-10-13(19(24)21-12-15-4-1-2-8-20-15)6-7-18(14)27(25,26)22-9-3-5-16(17)22/h1-10H,11-12H2,(H,21,24). The number of rotatable bonds is 3. The number of fused-ring (bicyclic) bond motifs is 2. The SMILES string of the molecule is O=C(NCc1ccccn1)c1ccc2c(c1)CC(=O)c1cccn1S2(=O)=O. The first-order valence-corrected chi connectivity index (χ1v) is 9.68. The lowest BCUT2D eigenvalue weighted by Gasteiger charge is -2.10. The van der Waals surface area contributed by atoms with E-state index in [0.29, 0.717) is 16.8 Å². The van der Waals surface area contributed by atoms with Gasteiger partial charge in [-0.3, -0.25) is 14.6 Å². The van der Waals surface area contributed by atoms with Gasteiger partial charge in [0.25, 0.3) is 15.9 Å². The van der Waals surface area contributed by atoms with E-state index in [-0.39, 0.29) is 35.2 Å². The van der Waals surface area contributed by atoms with Crippen molar-refractivity contribution in [3.8, 4) is 0 Å². The summed E-state index contributed by atoms with van der Waals surface area (Å²) in [4.78, 5) is 29.0. The fraction of sp³-hybridized carbons (Fsp3) is 0.105. The van der Waals surface area contributed by atoms with Gasteiger partial charge in [-0.15, -0.1) is 0 Å². The van der Waals surface area contributed by atoms with Crippen LogP contribution < -0.4 is 5.32 Å². The van der Waals surface area contributed by atoms with Crippen molar-refractivity contribution in [2.75, 3.05) is 0 Å². The second-order valence-electron chi connectivity index (χ2n) is 6.12. The van der Waals surface area contributed by atoms with Crippen LogP contribution in [-0.2, 0) is 23.0 Å². The molecular weight excluding hydrogens is 366 g/mol. The molecule has 0 fully saturated rings. The number of nitrogens with one attached hydrogen (secondary N) is 1. The van der Waals surface area contributed by atoms with Crippen molar-refractivity contribution in [2.45, 2.75) is 17.9 Å². The Morgan fingerprint density at radius 3 is 2.78 bits per heavy atom. The lowest BCUT2D eigenvalue weighted by atomic mass is 10.0. The zero-order valence-corrected chi connectivity index (χ0v) is 14.9. The van der Waals surface area contributed by atoms with Crippen molar-refractivity contribution in [1.29, 1.82) is 0 Å². The molecule has 2 aromatic heterocycles. The van der Waals surface area contributed by atoms with Crippen molar-refractivity contribution in [3.63, 3.8) is 0 Å². The number of carbonyl (C=O) groups excluding carboxylic acids is 2. The third kappa shape index (κ3) is 3.04. The van der Waals surface area contributed by atoms with Gasteiger partial charge in [0.1, 0.15) is 5.69 Å². The van der Waals surface area contributed by atoms with Crippen molar-refractivity contribution < 1.29 is 18.0 Å². The van der Waals surface area contributed by atoms with Crippen molar-refractivity contribution >= 4 is 21.7 Å². The highest BCUT2D eigenvalue weighted by Crippen LogP contribution is 2.27. The van der Waals surface area contributed by atoms with Crippen LogP contribution in [0.1, 0.15) is 32.1 Å². The third-order valence-corrected chi connectivity index (χ3v) is 6.16. The topological polar surface area (TPSA) is 98.1 Å². The first kappa shape index (κ1) is 17.2. The normalized spacial score (nSPS) is 14.7. The fourth-order valence-electron chi connectivity index (χ4n) is 3.05. The molecule has 1 aliphatic heterocycles. The Labute approximate surface area is 155 Å². The largest absolute Gasteiger partial charge is 0.346 e. The van der Waals surface area contributed by atoms with Gasteiger partial charge >= 0.3 is 0 Å². The number of benzene rings is 1. The maximum Gasteiger partial charge on any atom is 0.268 e. The lowest BCUT2D eigenvalue weighted by molar-refractivity contribution is 0.0947. The second-order valence-corrected chi connectivity index (χ2v) is 7.90. The van der Waals surface area contributed by atoms with Crippen molar-refractivity contribution in [2.24, 2.45) is 0 Å². The smallest absolute Gasteiger partial charge is 0.268 e. The first-order valence-electron chi connectivity index (χ1n) is 8.24. The Kier molecular flexibility index (Phi) is 4.12. The molecule has 3 aromatic rings. The maximum absolute atomic E-state index is 12.8. The summed E-state index contributed by atoms with van der Waals surface area (Å²) in [7, 11) is -3.87. The number of pyridine rings is 1. The van der Waals surface area contributed by atoms with Crippen LogP contribution >= 0.6 is 0 Å². The molecule has 1 amide bonds. The average molecular weight is 381 g/mol. The predicted molar refractivity (Wildman–Crippen MR) is 96.9 cm³/mol. The number of hydrogen-bond donors (Lipinski definition) is 1. The highest BCUT2D eigenvalue weighted by molar-refractivity contribution is 7.90. The molecule has 0 unspecified atom stereocenters. The Morgan fingerprint density at radius 2 is 2.00 bits per heavy atom. The van der Waals surface area contributed by atoms with Gasteiger partial charge < -0.3 is 5.32 Å². The number of aromatic nitrogens is 2. The molecular formula is C19H15N3O4S. The Bertz CT molecular complexity index is 1150. The molecule has 1 N–H and O–H groups in total. The van der Waals surface area contributed by atoms with E-state index in [9.17, 15) is 18.0 Å². The zero-order valence-electron chi connectivity index (χ0n) is 14.1. The van der Waals surface area contributed by atoms with Crippen LogP contribution in [0.4, 0.5) is 0 Å². The summed E-state index contributed by atoms with van der Waals surface area (Å²) in [5, 5.41) is 2.74. The summed E-state index contributed by atoms with van der Waals surface area (Å²) >= 11 is 0. The van der Waals surface area contributed by atoms with E-state index in [0.717, 1.165) is 3.97 Å². The van der Waals surface area contributed by atoms with Crippen LogP contribution in [0.15, 0.2) is 65.8 Å². The number of ketones is 1. The highest BCUT2D eigenvalue weighted by atomic mass is 32.2. The van der Waals surface area contributed by atoms with Gasteiger partial charge in [-0.1, -0.05) is 6.07 Å². The number of hydrogen-bond acceptors (Lipinski definition) is 5. The van der Waals surface area contributed by atoms with Crippen LogP contribution in [0.2, 0.25) is 0 Å². The van der Waals surface area contributed by atoms with Crippen LogP contribution in [0.25, 0.3) is 0 Å². The number of amides is 1. The van der Waals surface area contributed by atoms with Crippen LogP contribution in [0.5, 0.6) is 0 Å². The van der Waals surface area contributed by atoms with Gasteiger partial charge in [-0.25, -0.2) is 12.4 Å². The van der Waals surface area contributed by atoms with Crippen LogP contribution in [0, 0.1) is 0 Å². The molecule has 1 aromatic carbocycles. The lowest BCUT2D eigenvalue weighted by Crippen LogP contribution is -2.23. The fourth-order valence-corrected chi connectivity index (χ4v) is 4.61. The molecule has 7 nitrogen and oxygen atoms in total. The highest BCUT2D eigenvalue weighted by Gasteiger charge is 2.30. The molecule has 4 rings (SSSR count). The molecule has 3 heterocycles. The minimum Gasteiger partial charge on any atom is -0.346 e. The quantitative estimate of drug-likeness (QED) is 0.746. The van der Waals surface area contributed by atoms with E-state index in [2.05, 4.69) is 10.3 Å². The average Bonchev–Trinajstić information content (AvgIpc) is 3.15. The van der Waals surface area contributed by atoms with Gasteiger partial charge in [0.05, 0.1) is 17.1 Å². The van der Waals surface area contributed by atoms with E-state index in [1.807, 2.05) is 6.07 Å². The van der Waals surface area contributed by atoms with Gasteiger partial charge in [0, 0.05) is 24.4 Å². The molecule has 0 bridgehead atoms. The summed E-state index contributed by atoms with van der Waals surface area (Å²) < 4.78 is 26.6. The Hall–Kier alpha value is -3.26. The zero-order chi connectivity index (χ0) is 19.0. The Balaban J connectivity index is 1.65. The van der Waals surface area contributed by atoms with Crippen LogP contribution in [-0.4, -0.2) is 29.1 Å². The van der Waals surface area contributed by atoms with Crippen molar-refractivity contribution in [1.82, 2.24) is 14.3 Å². The Morgan fingerprint density at radius 1 is 1.15 bits per heavy atom. The molecule has 0 radical (unpaired) electrons. The predicted octanol–water partition coefficient (Wildman–Crippen LogP) is 1.79. The van der Waals surface area contributed by atoms with Crippen molar-refractivity contribution in [3.05, 3.63) is 83.4 Å². The van der Waals surface area contributed by atoms with E-state index in [4.69, 9.17) is 0 Å². The van der Waals surface area contributed by atoms with Gasteiger partial charge in [0.15, 0.2) is 5.78 Å². The molecule has 0 spiro atoms. The van der Waals surface area contributed by atoms with Crippen LogP contribution in [0.3, 0.4) is 0 Å². The van der Waals surface area contributed by atoms with Gasteiger partial charge in [-0.05, 0) is 48.0 Å². The minimum atomic E-state index is -3.87. The summed E-state index contributed by atoms with van der Waals surface area (Å²) in [6, 6.07) is 12.7. The second kappa shape index (κ2) is 6.48. The molecule has 8 heteroatoms. The molecule has 0 saturated carbocycles. The molecule has 1 aliphatic rings. The number of carbonyl (C=O) groups is 2. The number of nitrogens with zero attached hydrogens (tertiary/aromatic N) is 2. The minimum absolute atomic E-state index is 0.0343. The van der Waals surface area contributed by atoms with Gasteiger partial charge in [-0.2, -0.15) is 0 Å². The van der Waals surface area contributed by atoms with E-state index < -0.39 is 10.0 Å². The summed E-state index contributed by atoms with van der Waals surface area (Å²) in [5.74, 6) is -0.675. The van der Waals surface area contributed by atoms with E-state index in [1.165, 1.54) is 36.5 Å². The number of Topliss-reactive ketones (excluding diaryl/α,β-unsaturated/α-hetero) is 1. The third-order valence-electron chi connectivity index (χ3n) is 4.37. The first-order chi connectivity index (χ1) is 13.0. The monoisotopic (exact) mass is 381 g/mol. The van der Waals surface area contributed by atoms with Gasteiger partial charge in [0.2, 0.25) is 0 Å². The molecule has 27 heavy (non-hydrogen) atoms. The maximum atomic E-state index is 12.8. The van der Waals surface area contributed by atoms with E-state index >= 15 is 0 Å². The molecule has 136 valence electrons.